The monoisotopic (exact) mass is 279 g/mol. The van der Waals surface area contributed by atoms with Crippen molar-refractivity contribution in [3.05, 3.63) is 23.2 Å². The summed E-state index contributed by atoms with van der Waals surface area (Å²) in [6.45, 7) is 3.55. The Bertz CT molecular complexity index is 510. The minimum atomic E-state index is -1.15. The molecular formula is C15H21NO4. The van der Waals surface area contributed by atoms with Crippen LogP contribution in [0.15, 0.2) is 10.5 Å². The van der Waals surface area contributed by atoms with E-state index in [2.05, 4.69) is 5.32 Å². The van der Waals surface area contributed by atoms with Crippen molar-refractivity contribution in [2.24, 2.45) is 0 Å². The molecule has 1 aliphatic rings. The van der Waals surface area contributed by atoms with Crippen LogP contribution in [0.2, 0.25) is 0 Å². The molecule has 1 heterocycles. The second kappa shape index (κ2) is 5.69. The van der Waals surface area contributed by atoms with E-state index in [1.54, 1.807) is 19.9 Å². The summed E-state index contributed by atoms with van der Waals surface area (Å²) >= 11 is 0. The number of carbonyl (C=O) groups excluding carboxylic acids is 1. The van der Waals surface area contributed by atoms with E-state index in [0.29, 0.717) is 18.6 Å². The molecule has 1 amide bonds. The SMILES string of the molecule is Cc1cc(C)c(C(=O)NC2(C(=O)O)CCCCCC2)o1. The average molecular weight is 279 g/mol. The van der Waals surface area contributed by atoms with Gasteiger partial charge in [-0.05, 0) is 32.8 Å². The molecule has 2 N–H and O–H groups in total. The number of amides is 1. The van der Waals surface area contributed by atoms with E-state index in [1.165, 1.54) is 0 Å². The van der Waals surface area contributed by atoms with Crippen molar-refractivity contribution < 1.29 is 19.1 Å². The Balaban J connectivity index is 2.21. The molecule has 1 fully saturated rings. The molecule has 0 bridgehead atoms. The van der Waals surface area contributed by atoms with Gasteiger partial charge in [0, 0.05) is 5.56 Å². The summed E-state index contributed by atoms with van der Waals surface area (Å²) in [4.78, 5) is 23.9. The molecule has 0 radical (unpaired) electrons. The first-order valence-corrected chi connectivity index (χ1v) is 7.07. The zero-order valence-corrected chi connectivity index (χ0v) is 12.0. The van der Waals surface area contributed by atoms with Crippen molar-refractivity contribution in [1.82, 2.24) is 5.32 Å². The van der Waals surface area contributed by atoms with Gasteiger partial charge in [0.1, 0.15) is 11.3 Å². The summed E-state index contributed by atoms with van der Waals surface area (Å²) in [6, 6.07) is 1.77. The van der Waals surface area contributed by atoms with Crippen LogP contribution < -0.4 is 5.32 Å². The van der Waals surface area contributed by atoms with Crippen molar-refractivity contribution in [3.63, 3.8) is 0 Å². The first-order chi connectivity index (χ1) is 9.44. The van der Waals surface area contributed by atoms with E-state index in [1.807, 2.05) is 0 Å². The maximum atomic E-state index is 12.3. The topological polar surface area (TPSA) is 79.5 Å². The third-order valence-electron chi connectivity index (χ3n) is 3.97. The Labute approximate surface area is 118 Å². The van der Waals surface area contributed by atoms with Crippen LogP contribution in [-0.4, -0.2) is 22.5 Å². The maximum absolute atomic E-state index is 12.3. The Morgan fingerprint density at radius 3 is 2.25 bits per heavy atom. The van der Waals surface area contributed by atoms with Gasteiger partial charge in [-0.15, -0.1) is 0 Å². The normalized spacial score (nSPS) is 18.3. The highest BCUT2D eigenvalue weighted by molar-refractivity contribution is 5.96. The molecule has 0 unspecified atom stereocenters. The molecule has 5 heteroatoms. The molecule has 0 aromatic carbocycles. The van der Waals surface area contributed by atoms with Crippen LogP contribution in [0, 0.1) is 13.8 Å². The number of carboxylic acid groups (broad SMARTS) is 1. The standard InChI is InChI=1S/C15H21NO4/c1-10-9-11(2)20-12(10)13(17)16-15(14(18)19)7-5-3-4-6-8-15/h9H,3-8H2,1-2H3,(H,16,17)(H,18,19). The van der Waals surface area contributed by atoms with Crippen molar-refractivity contribution in [1.29, 1.82) is 0 Å². The smallest absolute Gasteiger partial charge is 0.329 e. The van der Waals surface area contributed by atoms with Gasteiger partial charge in [-0.3, -0.25) is 4.79 Å². The van der Waals surface area contributed by atoms with Gasteiger partial charge in [0.25, 0.3) is 5.91 Å². The second-order valence-corrected chi connectivity index (χ2v) is 5.62. The predicted molar refractivity (Wildman–Crippen MR) is 73.7 cm³/mol. The van der Waals surface area contributed by atoms with Gasteiger partial charge in [0.15, 0.2) is 5.76 Å². The molecule has 5 nitrogen and oxygen atoms in total. The fourth-order valence-corrected chi connectivity index (χ4v) is 2.87. The van der Waals surface area contributed by atoms with Crippen LogP contribution in [0.1, 0.15) is 60.4 Å². The summed E-state index contributed by atoms with van der Waals surface area (Å²) in [5.74, 6) is -0.515. The number of furan rings is 1. The molecular weight excluding hydrogens is 258 g/mol. The number of aliphatic carboxylic acids is 1. The van der Waals surface area contributed by atoms with Crippen molar-refractivity contribution in [3.8, 4) is 0 Å². The molecule has 1 saturated carbocycles. The lowest BCUT2D eigenvalue weighted by Crippen LogP contribution is -2.54. The largest absolute Gasteiger partial charge is 0.480 e. The number of aryl methyl sites for hydroxylation is 2. The van der Waals surface area contributed by atoms with E-state index >= 15 is 0 Å². The van der Waals surface area contributed by atoms with E-state index in [9.17, 15) is 14.7 Å². The van der Waals surface area contributed by atoms with Gasteiger partial charge >= 0.3 is 5.97 Å². The number of carboxylic acids is 1. The molecule has 1 aromatic rings. The summed E-state index contributed by atoms with van der Waals surface area (Å²) < 4.78 is 5.37. The van der Waals surface area contributed by atoms with Crippen LogP contribution in [-0.2, 0) is 4.79 Å². The first-order valence-electron chi connectivity index (χ1n) is 7.07. The van der Waals surface area contributed by atoms with Gasteiger partial charge in [0.2, 0.25) is 0 Å². The zero-order valence-electron chi connectivity index (χ0n) is 12.0. The summed E-state index contributed by atoms with van der Waals surface area (Å²) in [7, 11) is 0. The molecule has 110 valence electrons. The zero-order chi connectivity index (χ0) is 14.8. The number of hydrogen-bond acceptors (Lipinski definition) is 3. The highest BCUT2D eigenvalue weighted by Gasteiger charge is 2.40. The number of carbonyl (C=O) groups is 2. The first kappa shape index (κ1) is 14.6. The minimum Gasteiger partial charge on any atom is -0.480 e. The highest BCUT2D eigenvalue weighted by Crippen LogP contribution is 2.28. The predicted octanol–water partition coefficient (Wildman–Crippen LogP) is 2.80. The Kier molecular flexibility index (Phi) is 4.16. The van der Waals surface area contributed by atoms with Crippen LogP contribution in [0.4, 0.5) is 0 Å². The van der Waals surface area contributed by atoms with Crippen molar-refractivity contribution in [2.75, 3.05) is 0 Å². The molecule has 0 atom stereocenters. The average Bonchev–Trinajstić information content (AvgIpc) is 2.60. The van der Waals surface area contributed by atoms with E-state index in [4.69, 9.17) is 4.42 Å². The number of rotatable bonds is 3. The quantitative estimate of drug-likeness (QED) is 0.834. The molecule has 1 aliphatic carbocycles. The maximum Gasteiger partial charge on any atom is 0.329 e. The van der Waals surface area contributed by atoms with Crippen LogP contribution in [0.25, 0.3) is 0 Å². The molecule has 0 spiro atoms. The highest BCUT2D eigenvalue weighted by atomic mass is 16.4. The van der Waals surface area contributed by atoms with Gasteiger partial charge in [-0.25, -0.2) is 4.79 Å². The second-order valence-electron chi connectivity index (χ2n) is 5.62. The van der Waals surface area contributed by atoms with Gasteiger partial charge in [-0.2, -0.15) is 0 Å². The summed E-state index contributed by atoms with van der Waals surface area (Å²) in [5, 5.41) is 12.2. The third-order valence-corrected chi connectivity index (χ3v) is 3.97. The van der Waals surface area contributed by atoms with Gasteiger partial charge in [0.05, 0.1) is 0 Å². The van der Waals surface area contributed by atoms with Gasteiger partial charge < -0.3 is 14.8 Å². The molecule has 0 saturated heterocycles. The fourth-order valence-electron chi connectivity index (χ4n) is 2.87. The van der Waals surface area contributed by atoms with Crippen molar-refractivity contribution >= 4 is 11.9 Å². The van der Waals surface area contributed by atoms with Crippen LogP contribution >= 0.6 is 0 Å². The number of hydrogen-bond donors (Lipinski definition) is 2. The van der Waals surface area contributed by atoms with E-state index < -0.39 is 17.4 Å². The Hall–Kier alpha value is -1.78. The Morgan fingerprint density at radius 2 is 1.80 bits per heavy atom. The molecule has 20 heavy (non-hydrogen) atoms. The molecule has 2 rings (SSSR count). The van der Waals surface area contributed by atoms with Gasteiger partial charge in [-0.1, -0.05) is 25.7 Å². The van der Waals surface area contributed by atoms with E-state index in [0.717, 1.165) is 31.2 Å². The lowest BCUT2D eigenvalue weighted by atomic mass is 9.90. The van der Waals surface area contributed by atoms with E-state index in [-0.39, 0.29) is 5.76 Å². The number of nitrogens with one attached hydrogen (secondary N) is 1. The molecule has 1 aromatic heterocycles. The molecule has 0 aliphatic heterocycles. The lowest BCUT2D eigenvalue weighted by Gasteiger charge is -2.28. The third kappa shape index (κ3) is 2.86. The Morgan fingerprint density at radius 1 is 1.20 bits per heavy atom. The van der Waals surface area contributed by atoms with Crippen LogP contribution in [0.5, 0.6) is 0 Å². The summed E-state index contributed by atoms with van der Waals surface area (Å²) in [6.07, 6.45) is 4.64. The summed E-state index contributed by atoms with van der Waals surface area (Å²) in [5.41, 5.74) is -0.421. The lowest BCUT2D eigenvalue weighted by molar-refractivity contribution is -0.145. The fraction of sp³-hybridized carbons (Fsp3) is 0.600. The van der Waals surface area contributed by atoms with Crippen molar-refractivity contribution in [2.45, 2.75) is 57.9 Å². The van der Waals surface area contributed by atoms with Crippen LogP contribution in [0.3, 0.4) is 0 Å². The minimum absolute atomic E-state index is 0.215.